The quantitative estimate of drug-likeness (QED) is 0.326. The Bertz CT molecular complexity index is 1800. The number of hydrogen-bond donors (Lipinski definition) is 0. The van der Waals surface area contributed by atoms with Crippen LogP contribution in [0, 0.1) is 11.8 Å². The maximum Gasteiger partial charge on any atom is 0.258 e. The first-order valence-electron chi connectivity index (χ1n) is 14.5. The van der Waals surface area contributed by atoms with Gasteiger partial charge in [0.05, 0.1) is 16.3 Å². The molecule has 3 aromatic rings. The maximum absolute atomic E-state index is 13.5. The Hall–Kier alpha value is -2.35. The number of ketones is 1. The number of halogens is 1. The van der Waals surface area contributed by atoms with Gasteiger partial charge in [0.15, 0.2) is 0 Å². The van der Waals surface area contributed by atoms with Gasteiger partial charge in [-0.2, -0.15) is 4.31 Å². The second-order valence-electron chi connectivity index (χ2n) is 11.7. The molecule has 43 heavy (non-hydrogen) atoms. The minimum atomic E-state index is -3.71. The number of anilines is 1. The summed E-state index contributed by atoms with van der Waals surface area (Å²) < 4.78 is 53.5. The van der Waals surface area contributed by atoms with E-state index < -0.39 is 26.0 Å². The number of rotatable bonds is 9. The Morgan fingerprint density at radius 1 is 0.977 bits per heavy atom. The van der Waals surface area contributed by atoms with Crippen molar-refractivity contribution < 1.29 is 26.4 Å². The van der Waals surface area contributed by atoms with Gasteiger partial charge in [-0.25, -0.2) is 21.1 Å². The Balaban J connectivity index is 1.15. The second-order valence-corrected chi connectivity index (χ2v) is 17.6. The van der Waals surface area contributed by atoms with Crippen LogP contribution in [0.2, 0.25) is 4.34 Å². The number of benzene rings is 2. The third-order valence-electron chi connectivity index (χ3n) is 9.03. The summed E-state index contributed by atoms with van der Waals surface area (Å²) >= 11 is 6.99. The summed E-state index contributed by atoms with van der Waals surface area (Å²) in [6.07, 6.45) is 4.99. The molecule has 1 aromatic heterocycles. The van der Waals surface area contributed by atoms with E-state index in [0.717, 1.165) is 52.6 Å². The van der Waals surface area contributed by atoms with Gasteiger partial charge in [0.1, 0.15) is 9.99 Å². The van der Waals surface area contributed by atoms with E-state index >= 15 is 0 Å². The average Bonchev–Trinajstić information content (AvgIpc) is 3.55. The summed E-state index contributed by atoms with van der Waals surface area (Å²) in [6, 6.07) is 12.5. The van der Waals surface area contributed by atoms with Gasteiger partial charge in [0.2, 0.25) is 10.0 Å². The van der Waals surface area contributed by atoms with E-state index in [1.807, 2.05) is 35.2 Å². The van der Waals surface area contributed by atoms with Gasteiger partial charge in [-0.05, 0) is 73.2 Å². The van der Waals surface area contributed by atoms with E-state index in [2.05, 4.69) is 0 Å². The highest BCUT2D eigenvalue weighted by atomic mass is 35.5. The third kappa shape index (κ3) is 6.02. The minimum absolute atomic E-state index is 0.00793. The molecule has 13 heteroatoms. The highest BCUT2D eigenvalue weighted by Gasteiger charge is 2.35. The van der Waals surface area contributed by atoms with Crippen LogP contribution in [-0.2, 0) is 31.3 Å². The molecule has 4 heterocycles. The van der Waals surface area contributed by atoms with Crippen LogP contribution in [0.3, 0.4) is 0 Å². The van der Waals surface area contributed by atoms with Crippen molar-refractivity contribution in [3.05, 3.63) is 57.9 Å². The fraction of sp³-hybridized carbons (Fsp3) is 0.467. The Morgan fingerprint density at radius 2 is 1.74 bits per heavy atom. The van der Waals surface area contributed by atoms with Crippen molar-refractivity contribution in [1.29, 1.82) is 0 Å². The van der Waals surface area contributed by atoms with Gasteiger partial charge in [0, 0.05) is 56.0 Å². The van der Waals surface area contributed by atoms with E-state index in [-0.39, 0.29) is 28.9 Å². The zero-order valence-electron chi connectivity index (χ0n) is 23.9. The summed E-state index contributed by atoms with van der Waals surface area (Å²) in [6.45, 7) is 2.09. The fourth-order valence-electron chi connectivity index (χ4n) is 6.64. The molecule has 0 bridgehead atoms. The predicted octanol–water partition coefficient (Wildman–Crippen LogP) is 4.79. The Kier molecular flexibility index (Phi) is 8.46. The molecule has 230 valence electrons. The number of Topliss-reactive ketones (excluding diaryl/α,β-unsaturated/α-hetero) is 1. The highest BCUT2D eigenvalue weighted by molar-refractivity contribution is 7.91. The molecule has 1 amide bonds. The van der Waals surface area contributed by atoms with Crippen LogP contribution >= 0.6 is 22.9 Å². The van der Waals surface area contributed by atoms with E-state index in [4.69, 9.17) is 11.6 Å². The van der Waals surface area contributed by atoms with E-state index in [9.17, 15) is 26.4 Å². The number of thiophene rings is 1. The van der Waals surface area contributed by atoms with Crippen LogP contribution in [0.5, 0.6) is 0 Å². The molecule has 2 fully saturated rings. The van der Waals surface area contributed by atoms with Crippen LogP contribution in [-0.4, -0.2) is 76.1 Å². The van der Waals surface area contributed by atoms with Gasteiger partial charge in [-0.15, -0.1) is 11.3 Å². The summed E-state index contributed by atoms with van der Waals surface area (Å²) in [5.74, 6) is -0.127. The molecule has 2 aromatic carbocycles. The SMILES string of the molecule is CS(=O)(=O)N1CCC(CCN2C(=O)c3cccc4c(CC(=O)C5CCCN(S(=O)(=O)c6ccc(Cl)s6)C5)ccc2c34)CC1. The molecule has 3 aliphatic rings. The summed E-state index contributed by atoms with van der Waals surface area (Å²) in [7, 11) is -6.89. The van der Waals surface area contributed by atoms with Gasteiger partial charge in [0.25, 0.3) is 15.9 Å². The van der Waals surface area contributed by atoms with Crippen molar-refractivity contribution >= 4 is 71.1 Å². The number of nitrogens with zero attached hydrogens (tertiary/aromatic N) is 3. The molecule has 3 aliphatic heterocycles. The van der Waals surface area contributed by atoms with Crippen LogP contribution < -0.4 is 4.90 Å². The maximum atomic E-state index is 13.5. The first kappa shape index (κ1) is 30.7. The monoisotopic (exact) mass is 663 g/mol. The largest absolute Gasteiger partial charge is 0.308 e. The van der Waals surface area contributed by atoms with Crippen LogP contribution in [0.25, 0.3) is 10.8 Å². The lowest BCUT2D eigenvalue weighted by atomic mass is 9.89. The van der Waals surface area contributed by atoms with E-state index in [1.165, 1.54) is 20.9 Å². The number of amides is 1. The average molecular weight is 664 g/mol. The summed E-state index contributed by atoms with van der Waals surface area (Å²) in [4.78, 5) is 28.8. The van der Waals surface area contributed by atoms with Crippen molar-refractivity contribution in [2.75, 3.05) is 43.9 Å². The molecule has 0 N–H and O–H groups in total. The summed E-state index contributed by atoms with van der Waals surface area (Å²) in [5, 5.41) is 1.72. The first-order valence-corrected chi connectivity index (χ1v) is 19.0. The van der Waals surface area contributed by atoms with Crippen molar-refractivity contribution in [1.82, 2.24) is 8.61 Å². The number of carbonyl (C=O) groups is 2. The number of carbonyl (C=O) groups excluding carboxylic acids is 2. The molecule has 1 atom stereocenters. The zero-order valence-corrected chi connectivity index (χ0v) is 27.1. The molecular formula is C30H34ClN3O6S3. The van der Waals surface area contributed by atoms with E-state index in [0.29, 0.717) is 54.8 Å². The molecule has 9 nitrogen and oxygen atoms in total. The normalized spacial score (nSPS) is 20.7. The number of hydrogen-bond acceptors (Lipinski definition) is 7. The smallest absolute Gasteiger partial charge is 0.258 e. The van der Waals surface area contributed by atoms with Crippen molar-refractivity contribution in [2.45, 2.75) is 42.7 Å². The van der Waals surface area contributed by atoms with Crippen LogP contribution in [0.4, 0.5) is 5.69 Å². The molecule has 6 rings (SSSR count). The van der Waals surface area contributed by atoms with Crippen LogP contribution in [0.15, 0.2) is 46.7 Å². The number of piperidine rings is 2. The van der Waals surface area contributed by atoms with Crippen LogP contribution in [0.1, 0.15) is 48.0 Å². The lowest BCUT2D eigenvalue weighted by Gasteiger charge is -2.31. The topological polar surface area (TPSA) is 112 Å². The third-order valence-corrected chi connectivity index (χ3v) is 13.9. The second kappa shape index (κ2) is 11.9. The van der Waals surface area contributed by atoms with Gasteiger partial charge in [-0.1, -0.05) is 29.8 Å². The lowest BCUT2D eigenvalue weighted by Crippen LogP contribution is -2.42. The highest BCUT2D eigenvalue weighted by Crippen LogP contribution is 2.40. The number of sulfonamides is 2. The molecular weight excluding hydrogens is 630 g/mol. The molecule has 0 aliphatic carbocycles. The minimum Gasteiger partial charge on any atom is -0.308 e. The molecule has 0 saturated carbocycles. The first-order chi connectivity index (χ1) is 20.4. The lowest BCUT2D eigenvalue weighted by molar-refractivity contribution is -0.123. The van der Waals surface area contributed by atoms with Gasteiger partial charge in [-0.3, -0.25) is 9.59 Å². The van der Waals surface area contributed by atoms with Gasteiger partial charge < -0.3 is 4.90 Å². The molecule has 1 unspecified atom stereocenters. The van der Waals surface area contributed by atoms with Gasteiger partial charge >= 0.3 is 0 Å². The van der Waals surface area contributed by atoms with Crippen molar-refractivity contribution in [3.8, 4) is 0 Å². The standard InChI is InChI=1S/C30H34ClN3O6S3/c1-42(37,38)32-15-11-20(12-16-32)13-17-34-25-8-7-21(23-5-2-6-24(29(23)25)30(34)36)18-26(35)22-4-3-14-33(19-22)43(39,40)28-10-9-27(31)41-28/h2,5-10,20,22H,3-4,11-19H2,1H3. The fourth-order valence-corrected chi connectivity index (χ4v) is 10.7. The van der Waals surface area contributed by atoms with E-state index in [1.54, 1.807) is 6.07 Å². The molecule has 2 saturated heterocycles. The van der Waals surface area contributed by atoms with Crippen molar-refractivity contribution in [3.63, 3.8) is 0 Å². The Morgan fingerprint density at radius 3 is 2.44 bits per heavy atom. The van der Waals surface area contributed by atoms with Crippen molar-refractivity contribution in [2.24, 2.45) is 11.8 Å². The summed E-state index contributed by atoms with van der Waals surface area (Å²) in [5.41, 5.74) is 2.29. The zero-order chi connectivity index (χ0) is 30.5. The molecule has 0 radical (unpaired) electrons. The Labute approximate surface area is 261 Å². The predicted molar refractivity (Wildman–Crippen MR) is 169 cm³/mol. The molecule has 0 spiro atoms.